The van der Waals surface area contributed by atoms with E-state index < -0.39 is 17.5 Å². The molecule has 2 aromatic rings. The molecule has 0 saturated heterocycles. The number of hydrogen-bond donors (Lipinski definition) is 2. The number of furan rings is 1. The molecule has 0 aliphatic heterocycles. The molecule has 0 aliphatic carbocycles. The van der Waals surface area contributed by atoms with E-state index in [9.17, 15) is 9.59 Å². The average molecular weight is 286 g/mol. The Labute approximate surface area is 121 Å². The predicted molar refractivity (Wildman–Crippen MR) is 75.4 cm³/mol. The summed E-state index contributed by atoms with van der Waals surface area (Å²) in [4.78, 5) is 22.2. The van der Waals surface area contributed by atoms with Gasteiger partial charge in [-0.1, -0.05) is 29.8 Å². The Morgan fingerprint density at radius 3 is 2.48 bits per heavy atom. The molecule has 0 unspecified atom stereocenters. The summed E-state index contributed by atoms with van der Waals surface area (Å²) in [5, 5.41) is 17.5. The van der Waals surface area contributed by atoms with Crippen molar-refractivity contribution in [3.63, 3.8) is 0 Å². The largest absolute Gasteiger partial charge is 0.502 e. The molecule has 1 heterocycles. The Balaban J connectivity index is 2.11. The second kappa shape index (κ2) is 6.09. The van der Waals surface area contributed by atoms with Crippen molar-refractivity contribution in [3.05, 3.63) is 70.9 Å². The Kier molecular flexibility index (Phi) is 4.23. The number of carbonyl (C=O) groups is 2. The van der Waals surface area contributed by atoms with Gasteiger partial charge in [0.15, 0.2) is 5.78 Å². The number of aliphatic carboxylic acids is 1. The van der Waals surface area contributed by atoms with Crippen LogP contribution in [0.3, 0.4) is 0 Å². The van der Waals surface area contributed by atoms with Crippen LogP contribution in [-0.4, -0.2) is 22.0 Å². The SMILES string of the molecule is Cc1ccc(Cc2cc(C(=O)/C=C(\O)C(=O)O)co2)cc1. The molecule has 21 heavy (non-hydrogen) atoms. The van der Waals surface area contributed by atoms with Crippen molar-refractivity contribution < 1.29 is 24.2 Å². The van der Waals surface area contributed by atoms with E-state index in [4.69, 9.17) is 14.6 Å². The summed E-state index contributed by atoms with van der Waals surface area (Å²) in [5.74, 6) is -2.58. The number of ketones is 1. The summed E-state index contributed by atoms with van der Waals surface area (Å²) >= 11 is 0. The van der Waals surface area contributed by atoms with Crippen LogP contribution in [0.5, 0.6) is 0 Å². The summed E-state index contributed by atoms with van der Waals surface area (Å²) in [6, 6.07) is 9.44. The van der Waals surface area contributed by atoms with Crippen LogP contribution in [0, 0.1) is 6.92 Å². The number of rotatable bonds is 5. The summed E-state index contributed by atoms with van der Waals surface area (Å²) in [6.45, 7) is 1.99. The van der Waals surface area contributed by atoms with Crippen molar-refractivity contribution in [1.29, 1.82) is 0 Å². The molecule has 0 amide bonds. The Bertz CT molecular complexity index is 692. The van der Waals surface area contributed by atoms with Gasteiger partial charge < -0.3 is 14.6 Å². The van der Waals surface area contributed by atoms with Gasteiger partial charge in [0.1, 0.15) is 12.0 Å². The molecule has 0 aliphatic rings. The fourth-order valence-electron chi connectivity index (χ4n) is 1.78. The first-order valence-corrected chi connectivity index (χ1v) is 6.27. The highest BCUT2D eigenvalue weighted by Crippen LogP contribution is 2.15. The van der Waals surface area contributed by atoms with Gasteiger partial charge in [0.05, 0.1) is 5.56 Å². The van der Waals surface area contributed by atoms with Crippen LogP contribution in [0.1, 0.15) is 27.2 Å². The fourth-order valence-corrected chi connectivity index (χ4v) is 1.78. The topological polar surface area (TPSA) is 87.7 Å². The third-order valence-electron chi connectivity index (χ3n) is 2.92. The zero-order chi connectivity index (χ0) is 15.4. The molecular weight excluding hydrogens is 272 g/mol. The van der Waals surface area contributed by atoms with Crippen LogP contribution >= 0.6 is 0 Å². The number of aryl methyl sites for hydroxylation is 1. The van der Waals surface area contributed by atoms with Crippen LogP contribution in [0.25, 0.3) is 0 Å². The van der Waals surface area contributed by atoms with Crippen LogP contribution in [0.4, 0.5) is 0 Å². The highest BCUT2D eigenvalue weighted by molar-refractivity contribution is 6.07. The maximum atomic E-state index is 11.7. The molecule has 1 aromatic heterocycles. The highest BCUT2D eigenvalue weighted by atomic mass is 16.4. The lowest BCUT2D eigenvalue weighted by Crippen LogP contribution is -2.03. The zero-order valence-electron chi connectivity index (χ0n) is 11.4. The molecule has 2 N–H and O–H groups in total. The van der Waals surface area contributed by atoms with Gasteiger partial charge in [-0.3, -0.25) is 4.79 Å². The van der Waals surface area contributed by atoms with E-state index in [0.29, 0.717) is 18.3 Å². The standard InChI is InChI=1S/C16H14O5/c1-10-2-4-11(5-3-10)6-13-7-12(9-21-13)14(17)8-15(18)16(19)20/h2-5,7-9,18H,6H2,1H3,(H,19,20)/b15-8-. The molecule has 108 valence electrons. The van der Waals surface area contributed by atoms with Crippen molar-refractivity contribution in [2.24, 2.45) is 0 Å². The Morgan fingerprint density at radius 1 is 1.19 bits per heavy atom. The van der Waals surface area contributed by atoms with Crippen LogP contribution in [-0.2, 0) is 11.2 Å². The van der Waals surface area contributed by atoms with Gasteiger partial charge in [-0.25, -0.2) is 4.79 Å². The van der Waals surface area contributed by atoms with E-state index in [0.717, 1.165) is 11.1 Å². The minimum atomic E-state index is -1.55. The number of benzene rings is 1. The number of carboxylic acid groups (broad SMARTS) is 1. The van der Waals surface area contributed by atoms with Crippen LogP contribution in [0.2, 0.25) is 0 Å². The lowest BCUT2D eigenvalue weighted by molar-refractivity contribution is -0.135. The Morgan fingerprint density at radius 2 is 1.86 bits per heavy atom. The Hall–Kier alpha value is -2.82. The van der Waals surface area contributed by atoms with Gasteiger partial charge in [-0.2, -0.15) is 0 Å². The smallest absolute Gasteiger partial charge is 0.371 e. The number of carbonyl (C=O) groups excluding carboxylic acids is 1. The quantitative estimate of drug-likeness (QED) is 0.501. The summed E-state index contributed by atoms with van der Waals surface area (Å²) < 4.78 is 5.28. The van der Waals surface area contributed by atoms with E-state index in [2.05, 4.69) is 0 Å². The third kappa shape index (κ3) is 3.82. The summed E-state index contributed by atoms with van der Waals surface area (Å²) in [6.07, 6.45) is 2.43. The van der Waals surface area contributed by atoms with E-state index >= 15 is 0 Å². The molecule has 0 fully saturated rings. The number of hydrogen-bond acceptors (Lipinski definition) is 4. The minimum absolute atomic E-state index is 0.199. The number of aliphatic hydroxyl groups is 1. The highest BCUT2D eigenvalue weighted by Gasteiger charge is 2.12. The van der Waals surface area contributed by atoms with E-state index in [1.165, 1.54) is 12.3 Å². The molecule has 0 radical (unpaired) electrons. The molecule has 1 aromatic carbocycles. The van der Waals surface area contributed by atoms with E-state index in [1.54, 1.807) is 0 Å². The molecule has 0 atom stereocenters. The minimum Gasteiger partial charge on any atom is -0.502 e. The second-order valence-electron chi connectivity index (χ2n) is 4.66. The normalized spacial score (nSPS) is 11.4. The number of carboxylic acids is 1. The molecular formula is C16H14O5. The van der Waals surface area contributed by atoms with Gasteiger partial charge in [-0.05, 0) is 18.6 Å². The van der Waals surface area contributed by atoms with E-state index in [-0.39, 0.29) is 5.56 Å². The lowest BCUT2D eigenvalue weighted by Gasteiger charge is -1.98. The summed E-state index contributed by atoms with van der Waals surface area (Å²) in [7, 11) is 0. The van der Waals surface area contributed by atoms with Crippen molar-refractivity contribution in [2.75, 3.05) is 0 Å². The van der Waals surface area contributed by atoms with Crippen molar-refractivity contribution in [1.82, 2.24) is 0 Å². The van der Waals surface area contributed by atoms with Crippen molar-refractivity contribution in [3.8, 4) is 0 Å². The lowest BCUT2D eigenvalue weighted by atomic mass is 10.1. The van der Waals surface area contributed by atoms with Gasteiger partial charge in [0.2, 0.25) is 5.76 Å². The second-order valence-corrected chi connectivity index (χ2v) is 4.66. The molecule has 0 bridgehead atoms. The fraction of sp³-hybridized carbons (Fsp3) is 0.125. The van der Waals surface area contributed by atoms with E-state index in [1.807, 2.05) is 31.2 Å². The van der Waals surface area contributed by atoms with Crippen LogP contribution < -0.4 is 0 Å². The van der Waals surface area contributed by atoms with Gasteiger partial charge in [0.25, 0.3) is 0 Å². The molecule has 2 rings (SSSR count). The monoisotopic (exact) mass is 286 g/mol. The van der Waals surface area contributed by atoms with Crippen LogP contribution in [0.15, 0.2) is 52.8 Å². The third-order valence-corrected chi connectivity index (χ3v) is 2.92. The molecule has 5 heteroatoms. The van der Waals surface area contributed by atoms with Gasteiger partial charge in [-0.15, -0.1) is 0 Å². The predicted octanol–water partition coefficient (Wildman–Crippen LogP) is 2.89. The first kappa shape index (κ1) is 14.6. The van der Waals surface area contributed by atoms with Gasteiger partial charge >= 0.3 is 5.97 Å². The van der Waals surface area contributed by atoms with Crippen molar-refractivity contribution >= 4 is 11.8 Å². The van der Waals surface area contributed by atoms with Gasteiger partial charge in [0, 0.05) is 12.5 Å². The van der Waals surface area contributed by atoms with Crippen molar-refractivity contribution in [2.45, 2.75) is 13.3 Å². The molecule has 0 saturated carbocycles. The first-order chi connectivity index (χ1) is 9.95. The summed E-state index contributed by atoms with van der Waals surface area (Å²) in [5.41, 5.74) is 2.39. The number of allylic oxidation sites excluding steroid dienone is 1. The molecule has 5 nitrogen and oxygen atoms in total. The number of aliphatic hydroxyl groups excluding tert-OH is 1. The molecule has 0 spiro atoms. The maximum Gasteiger partial charge on any atom is 0.371 e. The zero-order valence-corrected chi connectivity index (χ0v) is 11.4. The first-order valence-electron chi connectivity index (χ1n) is 6.27. The maximum absolute atomic E-state index is 11.7. The average Bonchev–Trinajstić information content (AvgIpc) is 2.90.